The van der Waals surface area contributed by atoms with Crippen molar-refractivity contribution in [3.05, 3.63) is 71.9 Å². The number of para-hydroxylation sites is 1. The highest BCUT2D eigenvalue weighted by atomic mass is 127. The van der Waals surface area contributed by atoms with Crippen LogP contribution in [0.2, 0.25) is 0 Å². The Morgan fingerprint density at radius 1 is 1.07 bits per heavy atom. The van der Waals surface area contributed by atoms with Gasteiger partial charge in [-0.2, -0.15) is 0 Å². The summed E-state index contributed by atoms with van der Waals surface area (Å²) in [7, 11) is 3.42. The molecule has 30 heavy (non-hydrogen) atoms. The van der Waals surface area contributed by atoms with Gasteiger partial charge in [-0.25, -0.2) is 9.37 Å². The second kappa shape index (κ2) is 12.2. The average molecular weight is 524 g/mol. The number of halogens is 2. The Morgan fingerprint density at radius 3 is 2.47 bits per heavy atom. The largest absolute Gasteiger partial charge is 0.496 e. The van der Waals surface area contributed by atoms with E-state index >= 15 is 0 Å². The van der Waals surface area contributed by atoms with E-state index in [4.69, 9.17) is 9.15 Å². The molecular formula is C22H26FIN4O2. The molecule has 0 saturated carbocycles. The van der Waals surface area contributed by atoms with Crippen LogP contribution in [-0.2, 0) is 12.8 Å². The van der Waals surface area contributed by atoms with E-state index in [1.807, 2.05) is 18.2 Å². The van der Waals surface area contributed by atoms with Crippen LogP contribution in [0.1, 0.15) is 11.3 Å². The van der Waals surface area contributed by atoms with E-state index < -0.39 is 0 Å². The number of hydrogen-bond acceptors (Lipinski definition) is 4. The minimum absolute atomic E-state index is 0. The van der Waals surface area contributed by atoms with E-state index in [0.29, 0.717) is 18.9 Å². The van der Waals surface area contributed by atoms with Gasteiger partial charge >= 0.3 is 0 Å². The summed E-state index contributed by atoms with van der Waals surface area (Å²) in [6, 6.07) is 14.1. The van der Waals surface area contributed by atoms with E-state index in [0.717, 1.165) is 41.5 Å². The Kier molecular flexibility index (Phi) is 9.59. The number of methoxy groups -OCH3 is 1. The van der Waals surface area contributed by atoms with Crippen molar-refractivity contribution in [2.24, 2.45) is 4.99 Å². The van der Waals surface area contributed by atoms with Gasteiger partial charge in [0.05, 0.1) is 12.8 Å². The third-order valence-corrected chi connectivity index (χ3v) is 4.42. The van der Waals surface area contributed by atoms with Gasteiger partial charge in [0.25, 0.3) is 0 Å². The molecule has 1 heterocycles. The standard InChI is InChI=1S/C22H25FN4O2.HI/c1-24-22(25-13-11-16-5-3-4-6-20(16)28-2)26-14-12-19-15-29-21(27-19)17-7-9-18(23)10-8-17;/h3-10,15H,11-14H2,1-2H3,(H2,24,25,26);1H. The zero-order valence-electron chi connectivity index (χ0n) is 17.0. The van der Waals surface area contributed by atoms with E-state index in [9.17, 15) is 4.39 Å². The van der Waals surface area contributed by atoms with Crippen LogP contribution in [0.25, 0.3) is 11.5 Å². The SMILES string of the molecule is CN=C(NCCc1coc(-c2ccc(F)cc2)n1)NCCc1ccccc1OC.I. The van der Waals surface area contributed by atoms with Crippen LogP contribution in [0.15, 0.2) is 64.2 Å². The summed E-state index contributed by atoms with van der Waals surface area (Å²) >= 11 is 0. The Bertz CT molecular complexity index is 944. The van der Waals surface area contributed by atoms with Crippen molar-refractivity contribution in [2.45, 2.75) is 12.8 Å². The zero-order valence-corrected chi connectivity index (χ0v) is 19.4. The summed E-state index contributed by atoms with van der Waals surface area (Å²) in [5, 5.41) is 6.56. The van der Waals surface area contributed by atoms with E-state index in [2.05, 4.69) is 26.7 Å². The van der Waals surface area contributed by atoms with Gasteiger partial charge in [0.1, 0.15) is 17.8 Å². The maximum absolute atomic E-state index is 13.0. The van der Waals surface area contributed by atoms with Gasteiger partial charge in [-0.1, -0.05) is 18.2 Å². The maximum atomic E-state index is 13.0. The first kappa shape index (κ1) is 23.7. The number of ether oxygens (including phenoxy) is 1. The Balaban J connectivity index is 0.00000320. The third kappa shape index (κ3) is 6.72. The molecule has 0 bridgehead atoms. The summed E-state index contributed by atoms with van der Waals surface area (Å²) < 4.78 is 23.9. The van der Waals surface area contributed by atoms with Crippen molar-refractivity contribution in [2.75, 3.05) is 27.2 Å². The lowest BCUT2D eigenvalue weighted by atomic mass is 10.1. The quantitative estimate of drug-likeness (QED) is 0.264. The first-order chi connectivity index (χ1) is 14.2. The van der Waals surface area contributed by atoms with Crippen molar-refractivity contribution >= 4 is 29.9 Å². The average Bonchev–Trinajstić information content (AvgIpc) is 3.22. The van der Waals surface area contributed by atoms with Crippen LogP contribution in [0, 0.1) is 5.82 Å². The second-order valence-corrected chi connectivity index (χ2v) is 6.39. The van der Waals surface area contributed by atoms with Crippen molar-refractivity contribution in [3.63, 3.8) is 0 Å². The van der Waals surface area contributed by atoms with Crippen LogP contribution in [0.4, 0.5) is 4.39 Å². The van der Waals surface area contributed by atoms with Crippen LogP contribution in [-0.4, -0.2) is 38.2 Å². The summed E-state index contributed by atoms with van der Waals surface area (Å²) in [6.45, 7) is 1.39. The number of nitrogens with zero attached hydrogens (tertiary/aromatic N) is 2. The number of benzene rings is 2. The molecule has 0 saturated heterocycles. The fourth-order valence-electron chi connectivity index (χ4n) is 2.90. The van der Waals surface area contributed by atoms with E-state index in [1.54, 1.807) is 32.6 Å². The normalized spacial score (nSPS) is 11.0. The topological polar surface area (TPSA) is 71.7 Å². The number of rotatable bonds is 8. The predicted molar refractivity (Wildman–Crippen MR) is 127 cm³/mol. The van der Waals surface area contributed by atoms with E-state index in [-0.39, 0.29) is 29.8 Å². The lowest BCUT2D eigenvalue weighted by molar-refractivity contribution is 0.409. The highest BCUT2D eigenvalue weighted by Gasteiger charge is 2.07. The van der Waals surface area contributed by atoms with Crippen LogP contribution in [0.5, 0.6) is 5.75 Å². The molecule has 0 aliphatic rings. The third-order valence-electron chi connectivity index (χ3n) is 4.42. The van der Waals surface area contributed by atoms with Crippen LogP contribution < -0.4 is 15.4 Å². The van der Waals surface area contributed by atoms with Crippen LogP contribution in [0.3, 0.4) is 0 Å². The minimum atomic E-state index is -0.283. The first-order valence-corrected chi connectivity index (χ1v) is 9.46. The summed E-state index contributed by atoms with van der Waals surface area (Å²) in [5.74, 6) is 1.82. The Hall–Kier alpha value is -2.62. The molecule has 0 aliphatic carbocycles. The Labute approximate surface area is 193 Å². The summed E-state index contributed by atoms with van der Waals surface area (Å²) in [6.07, 6.45) is 3.13. The molecule has 0 atom stereocenters. The number of hydrogen-bond donors (Lipinski definition) is 2. The summed E-state index contributed by atoms with van der Waals surface area (Å²) in [4.78, 5) is 8.69. The molecule has 3 rings (SSSR count). The minimum Gasteiger partial charge on any atom is -0.496 e. The maximum Gasteiger partial charge on any atom is 0.226 e. The Morgan fingerprint density at radius 2 is 1.77 bits per heavy atom. The zero-order chi connectivity index (χ0) is 20.5. The number of aromatic nitrogens is 1. The molecule has 6 nitrogen and oxygen atoms in total. The molecule has 0 amide bonds. The monoisotopic (exact) mass is 524 g/mol. The molecule has 0 fully saturated rings. The highest BCUT2D eigenvalue weighted by molar-refractivity contribution is 14.0. The smallest absolute Gasteiger partial charge is 0.226 e. The molecule has 2 N–H and O–H groups in total. The molecule has 0 spiro atoms. The first-order valence-electron chi connectivity index (χ1n) is 9.46. The van der Waals surface area contributed by atoms with Crippen LogP contribution >= 0.6 is 24.0 Å². The van der Waals surface area contributed by atoms with Crippen molar-refractivity contribution in [3.8, 4) is 17.2 Å². The molecule has 3 aromatic rings. The van der Waals surface area contributed by atoms with Crippen molar-refractivity contribution < 1.29 is 13.5 Å². The fourth-order valence-corrected chi connectivity index (χ4v) is 2.90. The molecule has 0 aliphatic heterocycles. The molecule has 0 unspecified atom stereocenters. The van der Waals surface area contributed by atoms with Gasteiger partial charge in [-0.3, -0.25) is 4.99 Å². The molecule has 1 aromatic heterocycles. The summed E-state index contributed by atoms with van der Waals surface area (Å²) in [5.41, 5.74) is 2.72. The lowest BCUT2D eigenvalue weighted by Crippen LogP contribution is -2.39. The van der Waals surface area contributed by atoms with Crippen molar-refractivity contribution in [1.82, 2.24) is 15.6 Å². The molecule has 2 aromatic carbocycles. The number of oxazole rings is 1. The fraction of sp³-hybridized carbons (Fsp3) is 0.273. The number of nitrogens with one attached hydrogen (secondary N) is 2. The lowest BCUT2D eigenvalue weighted by Gasteiger charge is -2.12. The van der Waals surface area contributed by atoms with Gasteiger partial charge in [0, 0.05) is 32.1 Å². The second-order valence-electron chi connectivity index (χ2n) is 6.39. The van der Waals surface area contributed by atoms with Gasteiger partial charge in [-0.05, 0) is 42.3 Å². The molecule has 160 valence electrons. The molecule has 0 radical (unpaired) electrons. The molecule has 8 heteroatoms. The molecular weight excluding hydrogens is 498 g/mol. The number of guanidine groups is 1. The van der Waals surface area contributed by atoms with Gasteiger partial charge in [0.15, 0.2) is 5.96 Å². The highest BCUT2D eigenvalue weighted by Crippen LogP contribution is 2.19. The van der Waals surface area contributed by atoms with Crippen molar-refractivity contribution in [1.29, 1.82) is 0 Å². The van der Waals surface area contributed by atoms with E-state index in [1.165, 1.54) is 12.1 Å². The van der Waals surface area contributed by atoms with Gasteiger partial charge in [-0.15, -0.1) is 24.0 Å². The predicted octanol–water partition coefficient (Wildman–Crippen LogP) is 4.06. The number of aliphatic imine (C=N–C) groups is 1. The van der Waals surface area contributed by atoms with Gasteiger partial charge < -0.3 is 19.8 Å². The van der Waals surface area contributed by atoms with Gasteiger partial charge in [0.2, 0.25) is 5.89 Å².